The van der Waals surface area contributed by atoms with Gasteiger partial charge in [0.05, 0.1) is 17.6 Å². The molecule has 1 aliphatic rings. The largest absolute Gasteiger partial charge is 0.350 e. The smallest absolute Gasteiger partial charge is 0.189 e. The zero-order valence-corrected chi connectivity index (χ0v) is 9.98. The minimum Gasteiger partial charge on any atom is -0.350 e. The number of alkyl halides is 1. The van der Waals surface area contributed by atoms with E-state index in [0.29, 0.717) is 18.2 Å². The molecule has 0 bridgehead atoms. The molecule has 1 aliphatic heterocycles. The van der Waals surface area contributed by atoms with E-state index < -0.39 is 6.17 Å². The number of anilines is 1. The van der Waals surface area contributed by atoms with E-state index in [1.807, 2.05) is 11.2 Å². The molecule has 76 valence electrons. The van der Waals surface area contributed by atoms with Gasteiger partial charge in [0.25, 0.3) is 0 Å². The molecule has 0 N–H and O–H groups in total. The summed E-state index contributed by atoms with van der Waals surface area (Å²) in [6.07, 6.45) is 2.91. The Morgan fingerprint density at radius 3 is 2.93 bits per heavy atom. The Balaban J connectivity index is 2.23. The lowest BCUT2D eigenvalue weighted by molar-refractivity contribution is 0.273. The van der Waals surface area contributed by atoms with Crippen LogP contribution in [0.15, 0.2) is 15.8 Å². The van der Waals surface area contributed by atoms with Crippen molar-refractivity contribution in [3.63, 3.8) is 0 Å². The van der Waals surface area contributed by atoms with Crippen LogP contribution >= 0.6 is 27.7 Å². The van der Waals surface area contributed by atoms with Crippen molar-refractivity contribution in [2.45, 2.75) is 11.3 Å². The summed E-state index contributed by atoms with van der Waals surface area (Å²) in [6.45, 7) is 0.868. The van der Waals surface area contributed by atoms with Gasteiger partial charge in [-0.1, -0.05) is 11.8 Å². The number of rotatable bonds is 2. The standard InChI is InChI=1S/C8H9BrFN3S/c1-14-8-11-2-6(9)7(12-8)13-3-5(10)4-13/h2,5H,3-4H2,1H3. The second kappa shape index (κ2) is 4.02. The molecule has 0 atom stereocenters. The molecule has 1 saturated heterocycles. The molecule has 0 aromatic carbocycles. The van der Waals surface area contributed by atoms with E-state index in [1.165, 1.54) is 11.8 Å². The summed E-state index contributed by atoms with van der Waals surface area (Å²) in [5.74, 6) is 0.790. The molecule has 0 radical (unpaired) electrons. The average Bonchev–Trinajstić information content (AvgIpc) is 2.14. The molecule has 2 rings (SSSR count). The fourth-order valence-corrected chi connectivity index (χ4v) is 2.04. The van der Waals surface area contributed by atoms with Gasteiger partial charge in [-0.25, -0.2) is 14.4 Å². The van der Waals surface area contributed by atoms with Gasteiger partial charge in [0, 0.05) is 6.20 Å². The van der Waals surface area contributed by atoms with Gasteiger partial charge >= 0.3 is 0 Å². The van der Waals surface area contributed by atoms with Crippen molar-refractivity contribution in [3.05, 3.63) is 10.7 Å². The lowest BCUT2D eigenvalue weighted by Crippen LogP contribution is -2.49. The van der Waals surface area contributed by atoms with Gasteiger partial charge in [-0.15, -0.1) is 0 Å². The highest BCUT2D eigenvalue weighted by atomic mass is 79.9. The van der Waals surface area contributed by atoms with Gasteiger partial charge in [-0.05, 0) is 22.2 Å². The molecule has 6 heteroatoms. The maximum absolute atomic E-state index is 12.7. The maximum atomic E-state index is 12.7. The van der Waals surface area contributed by atoms with Crippen molar-refractivity contribution in [2.24, 2.45) is 0 Å². The minimum atomic E-state index is -0.713. The van der Waals surface area contributed by atoms with Crippen LogP contribution in [-0.2, 0) is 0 Å². The van der Waals surface area contributed by atoms with Crippen molar-refractivity contribution >= 4 is 33.5 Å². The van der Waals surface area contributed by atoms with E-state index in [1.54, 1.807) is 6.20 Å². The molecule has 1 fully saturated rings. The van der Waals surface area contributed by atoms with Gasteiger partial charge in [-0.3, -0.25) is 0 Å². The second-order valence-electron chi connectivity index (χ2n) is 3.03. The molecule has 2 heterocycles. The van der Waals surface area contributed by atoms with Crippen LogP contribution in [-0.4, -0.2) is 35.5 Å². The number of nitrogens with zero attached hydrogens (tertiary/aromatic N) is 3. The van der Waals surface area contributed by atoms with Crippen molar-refractivity contribution in [3.8, 4) is 0 Å². The lowest BCUT2D eigenvalue weighted by atomic mass is 10.2. The quantitative estimate of drug-likeness (QED) is 0.612. The van der Waals surface area contributed by atoms with E-state index in [-0.39, 0.29) is 0 Å². The van der Waals surface area contributed by atoms with Crippen LogP contribution in [0.1, 0.15) is 0 Å². The summed E-state index contributed by atoms with van der Waals surface area (Å²) < 4.78 is 13.5. The maximum Gasteiger partial charge on any atom is 0.189 e. The van der Waals surface area contributed by atoms with Crippen LogP contribution in [0, 0.1) is 0 Å². The molecule has 1 aromatic heterocycles. The Bertz CT molecular complexity index is 343. The molecule has 0 amide bonds. The summed E-state index contributed by atoms with van der Waals surface area (Å²) in [7, 11) is 0. The normalized spacial score (nSPS) is 16.9. The van der Waals surface area contributed by atoms with Gasteiger partial charge in [-0.2, -0.15) is 0 Å². The SMILES string of the molecule is CSc1ncc(Br)c(N2CC(F)C2)n1. The van der Waals surface area contributed by atoms with Crippen molar-refractivity contribution in [1.82, 2.24) is 9.97 Å². The predicted octanol–water partition coefficient (Wildman–Crippen LogP) is 2.12. The second-order valence-corrected chi connectivity index (χ2v) is 4.66. The third kappa shape index (κ3) is 1.86. The van der Waals surface area contributed by atoms with E-state index in [4.69, 9.17) is 0 Å². The highest BCUT2D eigenvalue weighted by Gasteiger charge is 2.28. The molecular formula is C8H9BrFN3S. The fraction of sp³-hybridized carbons (Fsp3) is 0.500. The molecule has 0 unspecified atom stereocenters. The predicted molar refractivity (Wildman–Crippen MR) is 58.6 cm³/mol. The summed E-state index contributed by atoms with van der Waals surface area (Å²) in [5, 5.41) is 0.713. The Morgan fingerprint density at radius 1 is 1.64 bits per heavy atom. The number of thioether (sulfide) groups is 1. The van der Waals surface area contributed by atoms with Crippen LogP contribution in [0.25, 0.3) is 0 Å². The zero-order chi connectivity index (χ0) is 10.1. The first-order valence-corrected chi connectivity index (χ1v) is 6.18. The van der Waals surface area contributed by atoms with Crippen molar-refractivity contribution in [1.29, 1.82) is 0 Å². The Hall–Kier alpha value is -0.360. The van der Waals surface area contributed by atoms with Crippen molar-refractivity contribution in [2.75, 3.05) is 24.2 Å². The van der Waals surface area contributed by atoms with Crippen LogP contribution in [0.4, 0.5) is 10.2 Å². The molecule has 0 spiro atoms. The zero-order valence-electron chi connectivity index (χ0n) is 7.57. The number of hydrogen-bond acceptors (Lipinski definition) is 4. The molecular weight excluding hydrogens is 269 g/mol. The molecule has 0 aliphatic carbocycles. The summed E-state index contributed by atoms with van der Waals surface area (Å²) >= 11 is 4.84. The number of hydrogen-bond donors (Lipinski definition) is 0. The average molecular weight is 278 g/mol. The lowest BCUT2D eigenvalue weighted by Gasteiger charge is -2.35. The summed E-state index contributed by atoms with van der Waals surface area (Å²) in [4.78, 5) is 10.3. The van der Waals surface area contributed by atoms with Gasteiger partial charge in [0.1, 0.15) is 12.0 Å². The van der Waals surface area contributed by atoms with Gasteiger partial charge in [0.15, 0.2) is 5.16 Å². The highest BCUT2D eigenvalue weighted by molar-refractivity contribution is 9.10. The van der Waals surface area contributed by atoms with E-state index >= 15 is 0 Å². The van der Waals surface area contributed by atoms with Gasteiger partial charge in [0.2, 0.25) is 0 Å². The van der Waals surface area contributed by atoms with Crippen LogP contribution in [0.5, 0.6) is 0 Å². The fourth-order valence-electron chi connectivity index (χ4n) is 1.26. The summed E-state index contributed by atoms with van der Waals surface area (Å²) in [6, 6.07) is 0. The third-order valence-electron chi connectivity index (χ3n) is 2.02. The number of aromatic nitrogens is 2. The Labute approximate surface area is 94.2 Å². The molecule has 3 nitrogen and oxygen atoms in total. The van der Waals surface area contributed by atoms with Crippen molar-refractivity contribution < 1.29 is 4.39 Å². The Morgan fingerprint density at radius 2 is 2.36 bits per heavy atom. The first-order valence-electron chi connectivity index (χ1n) is 4.16. The van der Waals surface area contributed by atoms with Crippen LogP contribution in [0.3, 0.4) is 0 Å². The van der Waals surface area contributed by atoms with Crippen LogP contribution < -0.4 is 4.90 Å². The first-order chi connectivity index (χ1) is 6.70. The van der Waals surface area contributed by atoms with E-state index in [2.05, 4.69) is 25.9 Å². The first kappa shape index (κ1) is 10.2. The highest BCUT2D eigenvalue weighted by Crippen LogP contribution is 2.29. The molecule has 1 aromatic rings. The molecule has 14 heavy (non-hydrogen) atoms. The minimum absolute atomic E-state index is 0.434. The number of halogens is 2. The third-order valence-corrected chi connectivity index (χ3v) is 3.14. The molecule has 0 saturated carbocycles. The Kier molecular flexibility index (Phi) is 2.92. The summed E-state index contributed by atoms with van der Waals surface area (Å²) in [5.41, 5.74) is 0. The monoisotopic (exact) mass is 277 g/mol. The van der Waals surface area contributed by atoms with E-state index in [9.17, 15) is 4.39 Å². The topological polar surface area (TPSA) is 29.0 Å². The van der Waals surface area contributed by atoms with Crippen LogP contribution in [0.2, 0.25) is 0 Å². The van der Waals surface area contributed by atoms with E-state index in [0.717, 1.165) is 10.3 Å². The van der Waals surface area contributed by atoms with Gasteiger partial charge < -0.3 is 4.90 Å².